The first kappa shape index (κ1) is 24.0. The van der Waals surface area contributed by atoms with E-state index in [0.29, 0.717) is 40.2 Å². The molecule has 1 amide bonds. The number of nitrogens with one attached hydrogen (secondary N) is 1. The van der Waals surface area contributed by atoms with Crippen LogP contribution in [0, 0.1) is 0 Å². The van der Waals surface area contributed by atoms with Crippen molar-refractivity contribution in [2.45, 2.75) is 6.42 Å². The molecule has 2 heterocycles. The van der Waals surface area contributed by atoms with E-state index in [9.17, 15) is 9.59 Å². The Kier molecular flexibility index (Phi) is 6.50. The van der Waals surface area contributed by atoms with Crippen molar-refractivity contribution in [3.05, 3.63) is 155 Å². The number of nitrogens with zero attached hydrogens (tertiary/aromatic N) is 3. The molecule has 0 atom stereocenters. The Hall–Kier alpha value is -5.36. The van der Waals surface area contributed by atoms with E-state index in [0.717, 1.165) is 16.7 Å². The molecule has 0 aliphatic heterocycles. The molecule has 2 aromatic heterocycles. The fourth-order valence-corrected chi connectivity index (χ4v) is 4.57. The Bertz CT molecular complexity index is 1830. The van der Waals surface area contributed by atoms with Crippen molar-refractivity contribution < 1.29 is 4.79 Å². The van der Waals surface area contributed by atoms with Gasteiger partial charge in [-0.05, 0) is 65.2 Å². The molecule has 188 valence electrons. The van der Waals surface area contributed by atoms with Crippen LogP contribution < -0.4 is 10.9 Å². The second-order valence-electron chi connectivity index (χ2n) is 9.16. The number of rotatable bonds is 6. The maximum Gasteiger partial charge on any atom is 0.278 e. The zero-order valence-corrected chi connectivity index (χ0v) is 21.0. The van der Waals surface area contributed by atoms with Gasteiger partial charge in [0, 0.05) is 23.9 Å². The van der Waals surface area contributed by atoms with Crippen molar-refractivity contribution in [3.8, 4) is 16.8 Å². The molecule has 6 heteroatoms. The van der Waals surface area contributed by atoms with Gasteiger partial charge in [0.2, 0.25) is 0 Å². The first-order valence-electron chi connectivity index (χ1n) is 12.6. The quantitative estimate of drug-likeness (QED) is 0.287. The Labute approximate surface area is 225 Å². The third-order valence-electron chi connectivity index (χ3n) is 6.51. The Morgan fingerprint density at radius 3 is 2.26 bits per heavy atom. The number of hydrogen-bond acceptors (Lipinski definition) is 4. The lowest BCUT2D eigenvalue weighted by Gasteiger charge is -2.13. The molecule has 6 aromatic rings. The van der Waals surface area contributed by atoms with E-state index in [-0.39, 0.29) is 11.5 Å². The second-order valence-corrected chi connectivity index (χ2v) is 9.16. The fraction of sp³-hybridized carbons (Fsp3) is 0.0303. The van der Waals surface area contributed by atoms with Gasteiger partial charge < -0.3 is 5.32 Å². The van der Waals surface area contributed by atoms with Gasteiger partial charge in [-0.15, -0.1) is 0 Å². The number of carbonyl (C=O) groups excluding carboxylic acids is 1. The summed E-state index contributed by atoms with van der Waals surface area (Å²) in [6, 6.07) is 38.1. The maximum atomic E-state index is 13.7. The normalized spacial score (nSPS) is 10.9. The molecule has 0 bridgehead atoms. The van der Waals surface area contributed by atoms with E-state index >= 15 is 0 Å². The molecular formula is C33H24N4O2. The number of aromatic nitrogens is 3. The monoisotopic (exact) mass is 508 g/mol. The number of fused-ring (bicyclic) bond motifs is 1. The van der Waals surface area contributed by atoms with Crippen LogP contribution in [0.25, 0.3) is 28.0 Å². The predicted octanol–water partition coefficient (Wildman–Crippen LogP) is 6.29. The average Bonchev–Trinajstić information content (AvgIpc) is 2.99. The fourth-order valence-electron chi connectivity index (χ4n) is 4.57. The summed E-state index contributed by atoms with van der Waals surface area (Å²) in [5.41, 5.74) is 6.36. The molecule has 0 spiro atoms. The highest BCUT2D eigenvalue weighted by Gasteiger charge is 2.15. The lowest BCUT2D eigenvalue weighted by molar-refractivity contribution is 0.102. The molecule has 0 aliphatic rings. The molecule has 0 unspecified atom stereocenters. The smallest absolute Gasteiger partial charge is 0.278 e. The first-order valence-corrected chi connectivity index (χ1v) is 12.6. The van der Waals surface area contributed by atoms with Crippen LogP contribution in [0.1, 0.15) is 21.6 Å². The molecular weight excluding hydrogens is 484 g/mol. The standard InChI is InChI=1S/C33H24N4O2/c38-32(25-11-5-2-6-12-25)35-27-18-16-24(17-19-27)26-13-7-14-28(22-26)37-31-29(15-8-20-34-31)36-30(33(37)39)21-23-9-3-1-4-10-23/h1-20,22H,21H2,(H,35,38). The summed E-state index contributed by atoms with van der Waals surface area (Å²) in [5, 5.41) is 2.93. The molecule has 0 radical (unpaired) electrons. The zero-order chi connectivity index (χ0) is 26.6. The van der Waals surface area contributed by atoms with E-state index in [1.54, 1.807) is 22.9 Å². The van der Waals surface area contributed by atoms with Crippen molar-refractivity contribution in [2.75, 3.05) is 5.32 Å². The molecule has 4 aromatic carbocycles. The van der Waals surface area contributed by atoms with Crippen LogP contribution >= 0.6 is 0 Å². The van der Waals surface area contributed by atoms with Gasteiger partial charge in [0.05, 0.1) is 5.69 Å². The van der Waals surface area contributed by atoms with Crippen LogP contribution in [0.2, 0.25) is 0 Å². The minimum Gasteiger partial charge on any atom is -0.322 e. The zero-order valence-electron chi connectivity index (χ0n) is 21.0. The molecule has 6 rings (SSSR count). The minimum atomic E-state index is -0.193. The Morgan fingerprint density at radius 2 is 1.49 bits per heavy atom. The van der Waals surface area contributed by atoms with Crippen molar-refractivity contribution in [2.24, 2.45) is 0 Å². The summed E-state index contributed by atoms with van der Waals surface area (Å²) in [6.07, 6.45) is 2.10. The van der Waals surface area contributed by atoms with Gasteiger partial charge in [-0.2, -0.15) is 0 Å². The van der Waals surface area contributed by atoms with E-state index in [1.165, 1.54) is 0 Å². The number of anilines is 1. The summed E-state index contributed by atoms with van der Waals surface area (Å²) in [6.45, 7) is 0. The van der Waals surface area contributed by atoms with Crippen LogP contribution in [-0.2, 0) is 6.42 Å². The number of pyridine rings is 1. The van der Waals surface area contributed by atoms with Gasteiger partial charge in [0.1, 0.15) is 11.2 Å². The SMILES string of the molecule is O=C(Nc1ccc(-c2cccc(-n3c(=O)c(Cc4ccccc4)nc4cccnc43)c2)cc1)c1ccccc1. The Morgan fingerprint density at radius 1 is 0.744 bits per heavy atom. The average molecular weight is 509 g/mol. The number of hydrogen-bond donors (Lipinski definition) is 1. The predicted molar refractivity (Wildman–Crippen MR) is 154 cm³/mol. The number of amides is 1. The molecule has 0 aliphatic carbocycles. The van der Waals surface area contributed by atoms with E-state index in [2.05, 4.69) is 15.3 Å². The van der Waals surface area contributed by atoms with Crippen molar-refractivity contribution in [3.63, 3.8) is 0 Å². The van der Waals surface area contributed by atoms with Crippen molar-refractivity contribution in [1.29, 1.82) is 0 Å². The van der Waals surface area contributed by atoms with Crippen molar-refractivity contribution >= 4 is 22.8 Å². The number of carbonyl (C=O) groups is 1. The molecule has 6 nitrogen and oxygen atoms in total. The highest BCUT2D eigenvalue weighted by atomic mass is 16.1. The molecule has 0 saturated carbocycles. The minimum absolute atomic E-state index is 0.159. The maximum absolute atomic E-state index is 13.7. The van der Waals surface area contributed by atoms with E-state index in [4.69, 9.17) is 0 Å². The summed E-state index contributed by atoms with van der Waals surface area (Å²) in [7, 11) is 0. The second kappa shape index (κ2) is 10.6. The third kappa shape index (κ3) is 5.08. The molecule has 0 saturated heterocycles. The summed E-state index contributed by atoms with van der Waals surface area (Å²) in [4.78, 5) is 35.4. The summed E-state index contributed by atoms with van der Waals surface area (Å²) in [5.74, 6) is -0.159. The molecule has 1 N–H and O–H groups in total. The largest absolute Gasteiger partial charge is 0.322 e. The van der Waals surface area contributed by atoms with Gasteiger partial charge in [-0.25, -0.2) is 9.97 Å². The molecule has 39 heavy (non-hydrogen) atoms. The Balaban J connectivity index is 1.34. The third-order valence-corrected chi connectivity index (χ3v) is 6.51. The highest BCUT2D eigenvalue weighted by Crippen LogP contribution is 2.25. The van der Waals surface area contributed by atoms with Crippen LogP contribution in [0.4, 0.5) is 5.69 Å². The summed E-state index contributed by atoms with van der Waals surface area (Å²) < 4.78 is 1.64. The van der Waals surface area contributed by atoms with E-state index in [1.807, 2.05) is 109 Å². The lowest BCUT2D eigenvalue weighted by atomic mass is 10.0. The molecule has 0 fully saturated rings. The van der Waals surface area contributed by atoms with E-state index < -0.39 is 0 Å². The number of benzene rings is 4. The van der Waals surface area contributed by atoms with Crippen LogP contribution in [0.5, 0.6) is 0 Å². The van der Waals surface area contributed by atoms with Gasteiger partial charge in [0.15, 0.2) is 5.65 Å². The summed E-state index contributed by atoms with van der Waals surface area (Å²) >= 11 is 0. The van der Waals surface area contributed by atoms with Crippen LogP contribution in [-0.4, -0.2) is 20.4 Å². The van der Waals surface area contributed by atoms with Gasteiger partial charge >= 0.3 is 0 Å². The van der Waals surface area contributed by atoms with Gasteiger partial charge in [-0.1, -0.05) is 72.8 Å². The first-order chi connectivity index (χ1) is 19.2. The van der Waals surface area contributed by atoms with Crippen molar-refractivity contribution in [1.82, 2.24) is 14.5 Å². The van der Waals surface area contributed by atoms with Gasteiger partial charge in [0.25, 0.3) is 11.5 Å². The van der Waals surface area contributed by atoms with Crippen LogP contribution in [0.15, 0.2) is 132 Å². The van der Waals surface area contributed by atoms with Gasteiger partial charge in [-0.3, -0.25) is 14.2 Å². The van der Waals surface area contributed by atoms with Crippen LogP contribution in [0.3, 0.4) is 0 Å². The topological polar surface area (TPSA) is 76.9 Å². The highest BCUT2D eigenvalue weighted by molar-refractivity contribution is 6.04. The lowest BCUT2D eigenvalue weighted by Crippen LogP contribution is -2.25.